The quantitative estimate of drug-likeness (QED) is 0.749. The van der Waals surface area contributed by atoms with Crippen LogP contribution in [0, 0.1) is 0 Å². The highest BCUT2D eigenvalue weighted by atomic mass is 32.2. The van der Waals surface area contributed by atoms with Crippen LogP contribution in [-0.4, -0.2) is 46.5 Å². The van der Waals surface area contributed by atoms with Crippen LogP contribution in [0.25, 0.3) is 0 Å². The molecule has 1 aromatic rings. The number of hydrogen-bond acceptors (Lipinski definition) is 5. The van der Waals surface area contributed by atoms with Crippen LogP contribution in [0.15, 0.2) is 23.1 Å². The predicted molar refractivity (Wildman–Crippen MR) is 76.6 cm³/mol. The van der Waals surface area contributed by atoms with E-state index in [0.717, 1.165) is 38.3 Å². The molecule has 4 N–H and O–H groups in total. The Morgan fingerprint density at radius 1 is 1.16 bits per heavy atom. The van der Waals surface area contributed by atoms with Gasteiger partial charge >= 0.3 is 0 Å². The van der Waals surface area contributed by atoms with Crippen LogP contribution in [0.3, 0.4) is 0 Å². The van der Waals surface area contributed by atoms with E-state index in [1.165, 1.54) is 6.07 Å². The van der Waals surface area contributed by atoms with Gasteiger partial charge in [-0.2, -0.15) is 0 Å². The third-order valence-corrected chi connectivity index (χ3v) is 4.30. The topological polar surface area (TPSA) is 92.7 Å². The van der Waals surface area contributed by atoms with Gasteiger partial charge in [-0.3, -0.25) is 0 Å². The second kappa shape index (κ2) is 5.36. The Balaban J connectivity index is 2.33. The summed E-state index contributed by atoms with van der Waals surface area (Å²) in [6.07, 6.45) is 1.02. The number of likely N-dealkylation sites (N-methyl/N-ethyl adjacent to an activating group) is 1. The van der Waals surface area contributed by atoms with Crippen LogP contribution in [0.1, 0.15) is 6.42 Å². The third kappa shape index (κ3) is 3.37. The number of nitrogens with two attached hydrogens (primary N) is 2. The van der Waals surface area contributed by atoms with Gasteiger partial charge in [0.1, 0.15) is 0 Å². The Morgan fingerprint density at radius 3 is 2.58 bits per heavy atom. The monoisotopic (exact) mass is 284 g/mol. The van der Waals surface area contributed by atoms with Gasteiger partial charge in [0, 0.05) is 19.6 Å². The maximum Gasteiger partial charge on any atom is 0.238 e. The lowest BCUT2D eigenvalue weighted by atomic mass is 10.2. The highest BCUT2D eigenvalue weighted by Crippen LogP contribution is 2.27. The van der Waals surface area contributed by atoms with Crippen molar-refractivity contribution in [2.75, 3.05) is 43.9 Å². The first kappa shape index (κ1) is 14.1. The standard InChI is InChI=1S/C12H20N4O2S/c1-15-5-2-6-16(8-7-15)12-9-10(19(14,17)18)3-4-11(12)13/h3-4,9H,2,5-8,13H2,1H3,(H2,14,17,18). The highest BCUT2D eigenvalue weighted by Gasteiger charge is 2.17. The van der Waals surface area contributed by atoms with Crippen LogP contribution in [0.2, 0.25) is 0 Å². The summed E-state index contributed by atoms with van der Waals surface area (Å²) in [6, 6.07) is 4.61. The Kier molecular flexibility index (Phi) is 3.98. The molecule has 0 aliphatic carbocycles. The molecule has 0 atom stereocenters. The fraction of sp³-hybridized carbons (Fsp3) is 0.500. The molecule has 106 valence electrons. The van der Waals surface area contributed by atoms with Crippen molar-refractivity contribution >= 4 is 21.4 Å². The first-order valence-electron chi connectivity index (χ1n) is 6.24. The number of benzene rings is 1. The molecule has 19 heavy (non-hydrogen) atoms. The van der Waals surface area contributed by atoms with Crippen molar-refractivity contribution in [1.29, 1.82) is 0 Å². The Bertz CT molecular complexity index is 559. The SMILES string of the molecule is CN1CCCN(c2cc(S(N)(=O)=O)ccc2N)CC1. The molecule has 1 aliphatic rings. The van der Waals surface area contributed by atoms with Crippen molar-refractivity contribution < 1.29 is 8.42 Å². The lowest BCUT2D eigenvalue weighted by Crippen LogP contribution is -2.29. The minimum atomic E-state index is -3.69. The number of rotatable bonds is 2. The van der Waals surface area contributed by atoms with E-state index in [2.05, 4.69) is 16.8 Å². The van der Waals surface area contributed by atoms with Crippen molar-refractivity contribution in [3.63, 3.8) is 0 Å². The molecule has 0 spiro atoms. The molecule has 0 amide bonds. The summed E-state index contributed by atoms with van der Waals surface area (Å²) in [6.45, 7) is 3.65. The normalized spacial score (nSPS) is 18.3. The molecule has 1 aromatic carbocycles. The molecule has 6 nitrogen and oxygen atoms in total. The van der Waals surface area contributed by atoms with Crippen molar-refractivity contribution in [2.45, 2.75) is 11.3 Å². The maximum atomic E-state index is 11.4. The van der Waals surface area contributed by atoms with Crippen LogP contribution >= 0.6 is 0 Å². The molecule has 7 heteroatoms. The molecular weight excluding hydrogens is 264 g/mol. The number of anilines is 2. The number of primary sulfonamides is 1. The maximum absolute atomic E-state index is 11.4. The molecule has 0 unspecified atom stereocenters. The molecule has 0 bridgehead atoms. The van der Waals surface area contributed by atoms with E-state index in [-0.39, 0.29) is 4.90 Å². The number of hydrogen-bond donors (Lipinski definition) is 2. The van der Waals surface area contributed by atoms with E-state index in [9.17, 15) is 8.42 Å². The first-order valence-corrected chi connectivity index (χ1v) is 7.78. The molecule has 0 aromatic heterocycles. The van der Waals surface area contributed by atoms with Gasteiger partial charge in [-0.15, -0.1) is 0 Å². The minimum Gasteiger partial charge on any atom is -0.397 e. The fourth-order valence-corrected chi connectivity index (χ4v) is 2.80. The highest BCUT2D eigenvalue weighted by molar-refractivity contribution is 7.89. The number of nitrogens with zero attached hydrogens (tertiary/aromatic N) is 2. The van der Waals surface area contributed by atoms with Gasteiger partial charge in [0.2, 0.25) is 10.0 Å². The van der Waals surface area contributed by atoms with Crippen molar-refractivity contribution in [3.8, 4) is 0 Å². The van der Waals surface area contributed by atoms with Crippen molar-refractivity contribution in [1.82, 2.24) is 4.90 Å². The van der Waals surface area contributed by atoms with E-state index in [1.54, 1.807) is 12.1 Å². The van der Waals surface area contributed by atoms with Gasteiger partial charge in [-0.05, 0) is 38.2 Å². The molecule has 0 radical (unpaired) electrons. The predicted octanol–water partition coefficient (Wildman–Crippen LogP) is 0.0581. The molecule has 0 saturated carbocycles. The van der Waals surface area contributed by atoms with E-state index in [1.807, 2.05) is 0 Å². The van der Waals surface area contributed by atoms with Crippen LogP contribution in [0.5, 0.6) is 0 Å². The summed E-state index contributed by atoms with van der Waals surface area (Å²) in [5.41, 5.74) is 7.29. The second-order valence-electron chi connectivity index (χ2n) is 4.91. The van der Waals surface area contributed by atoms with E-state index < -0.39 is 10.0 Å². The third-order valence-electron chi connectivity index (χ3n) is 3.39. The summed E-state index contributed by atoms with van der Waals surface area (Å²) in [4.78, 5) is 4.47. The summed E-state index contributed by atoms with van der Waals surface area (Å²) in [5.74, 6) is 0. The van der Waals surface area contributed by atoms with Gasteiger partial charge in [-0.25, -0.2) is 13.6 Å². The summed E-state index contributed by atoms with van der Waals surface area (Å²) in [5, 5.41) is 5.16. The van der Waals surface area contributed by atoms with E-state index >= 15 is 0 Å². The first-order chi connectivity index (χ1) is 8.88. The Labute approximate surface area is 114 Å². The molecule has 2 rings (SSSR count). The zero-order valence-corrected chi connectivity index (χ0v) is 11.9. The number of sulfonamides is 1. The average Bonchev–Trinajstić information content (AvgIpc) is 2.53. The van der Waals surface area contributed by atoms with Crippen molar-refractivity contribution in [3.05, 3.63) is 18.2 Å². The lowest BCUT2D eigenvalue weighted by molar-refractivity contribution is 0.360. The summed E-state index contributed by atoms with van der Waals surface area (Å²) >= 11 is 0. The van der Waals surface area contributed by atoms with E-state index in [0.29, 0.717) is 5.69 Å². The van der Waals surface area contributed by atoms with Crippen molar-refractivity contribution in [2.24, 2.45) is 5.14 Å². The van der Waals surface area contributed by atoms with Crippen LogP contribution < -0.4 is 15.8 Å². The summed E-state index contributed by atoms with van der Waals surface area (Å²) < 4.78 is 22.8. The zero-order chi connectivity index (χ0) is 14.0. The molecule has 1 aliphatic heterocycles. The van der Waals surface area contributed by atoms with E-state index in [4.69, 9.17) is 10.9 Å². The summed E-state index contributed by atoms with van der Waals surface area (Å²) in [7, 11) is -1.62. The lowest BCUT2D eigenvalue weighted by Gasteiger charge is -2.24. The fourth-order valence-electron chi connectivity index (χ4n) is 2.26. The smallest absolute Gasteiger partial charge is 0.238 e. The molecule has 1 fully saturated rings. The van der Waals surface area contributed by atoms with Gasteiger partial charge in [0.05, 0.1) is 16.3 Å². The number of nitrogen functional groups attached to an aromatic ring is 1. The zero-order valence-electron chi connectivity index (χ0n) is 11.0. The minimum absolute atomic E-state index is 0.106. The Morgan fingerprint density at radius 2 is 1.89 bits per heavy atom. The molecule has 1 heterocycles. The molecular formula is C12H20N4O2S. The van der Waals surface area contributed by atoms with Gasteiger partial charge < -0.3 is 15.5 Å². The van der Waals surface area contributed by atoms with Gasteiger partial charge in [0.15, 0.2) is 0 Å². The second-order valence-corrected chi connectivity index (χ2v) is 6.47. The van der Waals surface area contributed by atoms with Gasteiger partial charge in [0.25, 0.3) is 0 Å². The molecule has 1 saturated heterocycles. The average molecular weight is 284 g/mol. The Hall–Kier alpha value is -1.31. The largest absolute Gasteiger partial charge is 0.397 e. The van der Waals surface area contributed by atoms with Crippen LogP contribution in [0.4, 0.5) is 11.4 Å². The van der Waals surface area contributed by atoms with Gasteiger partial charge in [-0.1, -0.05) is 0 Å². The van der Waals surface area contributed by atoms with Crippen LogP contribution in [-0.2, 0) is 10.0 Å².